The van der Waals surface area contributed by atoms with E-state index in [2.05, 4.69) is 31.4 Å². The van der Waals surface area contributed by atoms with Crippen LogP contribution in [0.3, 0.4) is 0 Å². The van der Waals surface area contributed by atoms with Gasteiger partial charge in [-0.05, 0) is 47.9 Å². The van der Waals surface area contributed by atoms with Crippen molar-refractivity contribution in [1.82, 2.24) is 5.32 Å². The molecule has 3 amide bonds. The third-order valence-electron chi connectivity index (χ3n) is 5.02. The molecule has 1 saturated heterocycles. The normalized spacial score (nSPS) is 15.7. The minimum atomic E-state index is -0.278. The summed E-state index contributed by atoms with van der Waals surface area (Å²) in [4.78, 5) is 28.0. The van der Waals surface area contributed by atoms with Gasteiger partial charge in [-0.2, -0.15) is 0 Å². The van der Waals surface area contributed by atoms with Gasteiger partial charge in [-0.15, -0.1) is 11.3 Å². The molecular weight excluding hydrogens is 386 g/mol. The second kappa shape index (κ2) is 8.86. The number of nitrogens with zero attached hydrogens (tertiary/aromatic N) is 1. The molecule has 1 aliphatic rings. The molecule has 6 nitrogen and oxygen atoms in total. The smallest absolute Gasteiger partial charge is 0.319 e. The molecule has 29 heavy (non-hydrogen) atoms. The summed E-state index contributed by atoms with van der Waals surface area (Å²) in [7, 11) is 1.59. The van der Waals surface area contributed by atoms with Crippen molar-refractivity contribution in [3.8, 4) is 5.75 Å². The summed E-state index contributed by atoms with van der Waals surface area (Å²) >= 11 is 1.63. The zero-order valence-electron chi connectivity index (χ0n) is 17.5. The van der Waals surface area contributed by atoms with Gasteiger partial charge in [0.05, 0.1) is 18.8 Å². The molecule has 0 spiro atoms. The molecule has 156 valence electrons. The Morgan fingerprint density at radius 3 is 2.66 bits per heavy atom. The first-order chi connectivity index (χ1) is 13.8. The first-order valence-corrected chi connectivity index (χ1v) is 10.8. The first-order valence-electron chi connectivity index (χ1n) is 9.89. The van der Waals surface area contributed by atoms with E-state index in [1.54, 1.807) is 41.5 Å². The fourth-order valence-corrected chi connectivity index (χ4v) is 4.53. The van der Waals surface area contributed by atoms with E-state index in [9.17, 15) is 9.59 Å². The van der Waals surface area contributed by atoms with Crippen LogP contribution >= 0.6 is 11.3 Å². The van der Waals surface area contributed by atoms with Crippen LogP contribution in [0.4, 0.5) is 16.2 Å². The first kappa shape index (κ1) is 21.2. The maximum atomic E-state index is 12.7. The van der Waals surface area contributed by atoms with Crippen LogP contribution in [0.15, 0.2) is 35.7 Å². The minimum absolute atomic E-state index is 0.0849. The van der Waals surface area contributed by atoms with Crippen LogP contribution in [0.25, 0.3) is 0 Å². The molecule has 0 radical (unpaired) electrons. The number of urea groups is 1. The number of ether oxygens (including phenoxy) is 1. The van der Waals surface area contributed by atoms with E-state index in [0.29, 0.717) is 30.1 Å². The van der Waals surface area contributed by atoms with Gasteiger partial charge >= 0.3 is 6.03 Å². The van der Waals surface area contributed by atoms with Crippen LogP contribution in [-0.2, 0) is 4.79 Å². The molecule has 2 heterocycles. The average Bonchev–Trinajstić information content (AvgIpc) is 3.20. The number of hydrogen-bond donors (Lipinski definition) is 2. The number of rotatable bonds is 5. The van der Waals surface area contributed by atoms with E-state index < -0.39 is 0 Å². The number of benzene rings is 1. The Morgan fingerprint density at radius 2 is 2.03 bits per heavy atom. The molecule has 0 aliphatic carbocycles. The van der Waals surface area contributed by atoms with E-state index in [4.69, 9.17) is 4.74 Å². The highest BCUT2D eigenvalue weighted by Gasteiger charge is 2.29. The van der Waals surface area contributed by atoms with Gasteiger partial charge in [-0.1, -0.05) is 26.8 Å². The topological polar surface area (TPSA) is 70.7 Å². The van der Waals surface area contributed by atoms with Crippen molar-refractivity contribution < 1.29 is 14.3 Å². The molecule has 1 atom stereocenters. The van der Waals surface area contributed by atoms with E-state index in [1.165, 1.54) is 0 Å². The standard InChI is InChI=1S/C22H29N3O3S/c1-22(2,3)20(18-8-7-13-29-18)24-21(27)23-15-10-11-17(28-4)16(14-15)25-12-6-5-9-19(25)26/h7-8,10-11,13-14,20H,5-6,9,12H2,1-4H3,(H2,23,24,27)/t20-/m0/s1. The number of hydrogen-bond acceptors (Lipinski definition) is 4. The molecule has 1 fully saturated rings. The maximum Gasteiger partial charge on any atom is 0.319 e. The zero-order valence-corrected chi connectivity index (χ0v) is 18.3. The molecule has 0 saturated carbocycles. The van der Waals surface area contributed by atoms with Crippen molar-refractivity contribution in [3.05, 3.63) is 40.6 Å². The molecule has 7 heteroatoms. The van der Waals surface area contributed by atoms with Crippen molar-refractivity contribution in [2.45, 2.75) is 46.1 Å². The molecule has 1 aromatic heterocycles. The van der Waals surface area contributed by atoms with E-state index >= 15 is 0 Å². The summed E-state index contributed by atoms with van der Waals surface area (Å²) in [5.41, 5.74) is 1.18. The SMILES string of the molecule is COc1ccc(NC(=O)N[C@@H](c2cccs2)C(C)(C)C)cc1N1CCCCC1=O. The van der Waals surface area contributed by atoms with E-state index in [1.807, 2.05) is 17.5 Å². The Hall–Kier alpha value is -2.54. The summed E-state index contributed by atoms with van der Waals surface area (Å²) in [6.07, 6.45) is 2.41. The Labute approximate surface area is 176 Å². The van der Waals surface area contributed by atoms with Gasteiger partial charge in [0.2, 0.25) is 5.91 Å². The molecule has 0 bridgehead atoms. The van der Waals surface area contributed by atoms with Gasteiger partial charge in [-0.25, -0.2) is 4.79 Å². The van der Waals surface area contributed by atoms with Crippen molar-refractivity contribution in [2.75, 3.05) is 23.9 Å². The predicted molar refractivity (Wildman–Crippen MR) is 118 cm³/mol. The Balaban J connectivity index is 1.78. The monoisotopic (exact) mass is 415 g/mol. The second-order valence-electron chi connectivity index (χ2n) is 8.30. The number of carbonyl (C=O) groups is 2. The highest BCUT2D eigenvalue weighted by Crippen LogP contribution is 2.36. The Kier molecular flexibility index (Phi) is 6.47. The van der Waals surface area contributed by atoms with E-state index in [-0.39, 0.29) is 23.4 Å². The second-order valence-corrected chi connectivity index (χ2v) is 9.28. The van der Waals surface area contributed by atoms with Gasteiger partial charge < -0.3 is 20.3 Å². The molecule has 1 aromatic carbocycles. The Bertz CT molecular complexity index is 859. The predicted octanol–water partition coefficient (Wildman–Crippen LogP) is 5.18. The highest BCUT2D eigenvalue weighted by atomic mass is 32.1. The molecule has 2 N–H and O–H groups in total. The molecule has 0 unspecified atom stereocenters. The van der Waals surface area contributed by atoms with E-state index in [0.717, 1.165) is 17.7 Å². The highest BCUT2D eigenvalue weighted by molar-refractivity contribution is 7.10. The van der Waals surface area contributed by atoms with Crippen molar-refractivity contribution in [3.63, 3.8) is 0 Å². The molecule has 1 aliphatic heterocycles. The van der Waals surface area contributed by atoms with Crippen molar-refractivity contribution >= 4 is 34.6 Å². The molecular formula is C22H29N3O3S. The van der Waals surface area contributed by atoms with Crippen LogP contribution in [0.2, 0.25) is 0 Å². The lowest BCUT2D eigenvalue weighted by molar-refractivity contribution is -0.119. The molecule has 3 rings (SSSR count). The number of methoxy groups -OCH3 is 1. The van der Waals surface area contributed by atoms with Crippen molar-refractivity contribution in [1.29, 1.82) is 0 Å². The maximum absolute atomic E-state index is 12.7. The fourth-order valence-electron chi connectivity index (χ4n) is 3.51. The summed E-state index contributed by atoms with van der Waals surface area (Å²) in [5.74, 6) is 0.707. The third-order valence-corrected chi connectivity index (χ3v) is 5.96. The van der Waals surface area contributed by atoms with Gasteiger partial charge in [0, 0.05) is 23.5 Å². The Morgan fingerprint density at radius 1 is 1.24 bits per heavy atom. The summed E-state index contributed by atoms with van der Waals surface area (Å²) < 4.78 is 5.44. The van der Waals surface area contributed by atoms with Gasteiger partial charge in [-0.3, -0.25) is 4.79 Å². The lowest BCUT2D eigenvalue weighted by atomic mass is 9.86. The van der Waals surface area contributed by atoms with Crippen molar-refractivity contribution in [2.24, 2.45) is 5.41 Å². The minimum Gasteiger partial charge on any atom is -0.495 e. The lowest BCUT2D eigenvalue weighted by Gasteiger charge is -2.31. The van der Waals surface area contributed by atoms with Gasteiger partial charge in [0.25, 0.3) is 0 Å². The number of thiophene rings is 1. The number of amides is 3. The van der Waals surface area contributed by atoms with Crippen LogP contribution < -0.4 is 20.3 Å². The number of nitrogens with one attached hydrogen (secondary N) is 2. The molecule has 2 aromatic rings. The van der Waals surface area contributed by atoms with Crippen LogP contribution in [-0.4, -0.2) is 25.6 Å². The number of carbonyl (C=O) groups excluding carboxylic acids is 2. The quantitative estimate of drug-likeness (QED) is 0.707. The average molecular weight is 416 g/mol. The summed E-state index contributed by atoms with van der Waals surface area (Å²) in [6, 6.07) is 9.01. The zero-order chi connectivity index (χ0) is 21.0. The largest absolute Gasteiger partial charge is 0.495 e. The fraction of sp³-hybridized carbons (Fsp3) is 0.455. The summed E-state index contributed by atoms with van der Waals surface area (Å²) in [5, 5.41) is 8.02. The number of anilines is 2. The van der Waals surface area contributed by atoms with Crippen LogP contribution in [0, 0.1) is 5.41 Å². The van der Waals surface area contributed by atoms with Gasteiger partial charge in [0.15, 0.2) is 0 Å². The van der Waals surface area contributed by atoms with Gasteiger partial charge in [0.1, 0.15) is 5.75 Å². The number of piperidine rings is 1. The third kappa shape index (κ3) is 5.09. The summed E-state index contributed by atoms with van der Waals surface area (Å²) in [6.45, 7) is 6.97. The lowest BCUT2D eigenvalue weighted by Crippen LogP contribution is -2.39. The van der Waals surface area contributed by atoms with Crippen LogP contribution in [0.1, 0.15) is 51.0 Å². The van der Waals surface area contributed by atoms with Crippen LogP contribution in [0.5, 0.6) is 5.75 Å².